The van der Waals surface area contributed by atoms with Gasteiger partial charge in [-0.3, -0.25) is 0 Å². The molecule has 14 heavy (non-hydrogen) atoms. The Kier molecular flexibility index (Phi) is 2.65. The van der Waals surface area contributed by atoms with Gasteiger partial charge in [0.1, 0.15) is 11.5 Å². The van der Waals surface area contributed by atoms with E-state index in [1.807, 2.05) is 18.2 Å². The fraction of sp³-hybridized carbons (Fsp3) is 0.200. The van der Waals surface area contributed by atoms with Gasteiger partial charge in [0.25, 0.3) is 0 Å². The van der Waals surface area contributed by atoms with Gasteiger partial charge in [0.05, 0.1) is 12.0 Å². The summed E-state index contributed by atoms with van der Waals surface area (Å²) in [5.41, 5.74) is 0. The van der Waals surface area contributed by atoms with Crippen molar-refractivity contribution in [3.63, 3.8) is 0 Å². The van der Waals surface area contributed by atoms with E-state index >= 15 is 0 Å². The van der Waals surface area contributed by atoms with Crippen molar-refractivity contribution in [1.29, 1.82) is 0 Å². The summed E-state index contributed by atoms with van der Waals surface area (Å²) >= 11 is 4.93. The molecule has 0 aliphatic carbocycles. The lowest BCUT2D eigenvalue weighted by molar-refractivity contribution is 0.415. The van der Waals surface area contributed by atoms with E-state index in [0.29, 0.717) is 11.1 Å². The van der Waals surface area contributed by atoms with Gasteiger partial charge in [-0.25, -0.2) is 0 Å². The zero-order chi connectivity index (χ0) is 10.1. The maximum absolute atomic E-state index is 9.83. The van der Waals surface area contributed by atoms with Gasteiger partial charge in [0.2, 0.25) is 0 Å². The predicted molar refractivity (Wildman–Crippen MR) is 62.7 cm³/mol. The van der Waals surface area contributed by atoms with Crippen LogP contribution in [0.3, 0.4) is 0 Å². The van der Waals surface area contributed by atoms with Crippen molar-refractivity contribution < 1.29 is 9.84 Å². The number of aromatic hydroxyl groups is 1. The molecule has 0 saturated heterocycles. The van der Waals surface area contributed by atoms with E-state index < -0.39 is 0 Å². The van der Waals surface area contributed by atoms with Gasteiger partial charge >= 0.3 is 0 Å². The lowest BCUT2D eigenvalue weighted by Crippen LogP contribution is -1.80. The molecule has 0 unspecified atom stereocenters. The van der Waals surface area contributed by atoms with Gasteiger partial charge in [0, 0.05) is 15.4 Å². The van der Waals surface area contributed by atoms with Crippen LogP contribution < -0.4 is 4.74 Å². The average Bonchev–Trinajstić information content (AvgIpc) is 2.55. The van der Waals surface area contributed by atoms with Crippen LogP contribution in [0.1, 0.15) is 4.88 Å². The van der Waals surface area contributed by atoms with Crippen LogP contribution in [0.4, 0.5) is 0 Å². The molecule has 1 aromatic carbocycles. The van der Waals surface area contributed by atoms with E-state index in [0.717, 1.165) is 20.7 Å². The van der Waals surface area contributed by atoms with Crippen LogP contribution in [-0.2, 0) is 5.33 Å². The summed E-state index contributed by atoms with van der Waals surface area (Å²) in [5, 5.41) is 11.4. The molecule has 0 radical (unpaired) electrons. The quantitative estimate of drug-likeness (QED) is 0.848. The maximum atomic E-state index is 9.83. The van der Waals surface area contributed by atoms with Crippen LogP contribution in [0.2, 0.25) is 0 Å². The number of hydrogen-bond acceptors (Lipinski definition) is 3. The van der Waals surface area contributed by atoms with E-state index in [-0.39, 0.29) is 0 Å². The second-order valence-corrected chi connectivity index (χ2v) is 4.57. The molecule has 1 N–H and O–H groups in total. The molecule has 0 bridgehead atoms. The van der Waals surface area contributed by atoms with Crippen LogP contribution in [0.15, 0.2) is 18.2 Å². The third-order valence-electron chi connectivity index (χ3n) is 2.06. The van der Waals surface area contributed by atoms with Crippen LogP contribution in [0.5, 0.6) is 11.5 Å². The first-order chi connectivity index (χ1) is 6.76. The van der Waals surface area contributed by atoms with Gasteiger partial charge in [-0.15, -0.1) is 11.3 Å². The molecule has 2 nitrogen and oxygen atoms in total. The van der Waals surface area contributed by atoms with E-state index in [1.54, 1.807) is 18.4 Å². The van der Waals surface area contributed by atoms with E-state index in [4.69, 9.17) is 4.74 Å². The normalized spacial score (nSPS) is 10.7. The molecule has 0 spiro atoms. The highest BCUT2D eigenvalue weighted by atomic mass is 79.9. The highest BCUT2D eigenvalue weighted by Crippen LogP contribution is 2.39. The van der Waals surface area contributed by atoms with Crippen LogP contribution in [0.25, 0.3) is 10.1 Å². The van der Waals surface area contributed by atoms with Crippen molar-refractivity contribution in [2.75, 3.05) is 7.11 Å². The Morgan fingerprint density at radius 3 is 2.93 bits per heavy atom. The molecular weight excluding hydrogens is 264 g/mol. The Morgan fingerprint density at radius 2 is 2.29 bits per heavy atom. The van der Waals surface area contributed by atoms with Gasteiger partial charge in [-0.2, -0.15) is 0 Å². The molecule has 0 aliphatic heterocycles. The highest BCUT2D eigenvalue weighted by molar-refractivity contribution is 9.08. The minimum atomic E-state index is 0.362. The number of methoxy groups -OCH3 is 1. The standard InChI is InChI=1S/C10H9BrO2S/c1-13-6-2-3-8-7(4-6)10(12)9(5-11)14-8/h2-4,12H,5H2,1H3. The molecule has 2 rings (SSSR count). The predicted octanol–water partition coefficient (Wildman–Crippen LogP) is 3.51. The van der Waals surface area contributed by atoms with E-state index in [9.17, 15) is 5.11 Å². The first kappa shape index (κ1) is 9.80. The van der Waals surface area contributed by atoms with Crippen molar-refractivity contribution in [2.24, 2.45) is 0 Å². The fourth-order valence-corrected chi connectivity index (χ4v) is 2.87. The van der Waals surface area contributed by atoms with Crippen molar-refractivity contribution in [1.82, 2.24) is 0 Å². The Hall–Kier alpha value is -0.740. The summed E-state index contributed by atoms with van der Waals surface area (Å²) in [6, 6.07) is 5.72. The largest absolute Gasteiger partial charge is 0.506 e. The third kappa shape index (κ3) is 1.48. The van der Waals surface area contributed by atoms with Gasteiger partial charge in [-0.05, 0) is 18.2 Å². The van der Waals surface area contributed by atoms with Crippen molar-refractivity contribution in [2.45, 2.75) is 5.33 Å². The number of thiophene rings is 1. The fourth-order valence-electron chi connectivity index (χ4n) is 1.33. The highest BCUT2D eigenvalue weighted by Gasteiger charge is 2.10. The monoisotopic (exact) mass is 272 g/mol. The Morgan fingerprint density at radius 1 is 1.50 bits per heavy atom. The summed E-state index contributed by atoms with van der Waals surface area (Å²) < 4.78 is 6.18. The molecule has 0 aliphatic rings. The van der Waals surface area contributed by atoms with Crippen LogP contribution in [0, 0.1) is 0 Å². The topological polar surface area (TPSA) is 29.5 Å². The van der Waals surface area contributed by atoms with Crippen molar-refractivity contribution in [3.05, 3.63) is 23.1 Å². The number of alkyl halides is 1. The molecule has 2 aromatic rings. The van der Waals surface area contributed by atoms with Gasteiger partial charge < -0.3 is 9.84 Å². The van der Waals surface area contributed by atoms with Crippen LogP contribution in [-0.4, -0.2) is 12.2 Å². The minimum absolute atomic E-state index is 0.362. The van der Waals surface area contributed by atoms with Gasteiger partial charge in [-0.1, -0.05) is 15.9 Å². The molecule has 1 aromatic heterocycles. The van der Waals surface area contributed by atoms with Crippen molar-refractivity contribution in [3.8, 4) is 11.5 Å². The first-order valence-electron chi connectivity index (χ1n) is 4.10. The third-order valence-corrected chi connectivity index (χ3v) is 4.15. The average molecular weight is 273 g/mol. The molecular formula is C10H9BrO2S. The summed E-state index contributed by atoms with van der Waals surface area (Å²) in [7, 11) is 1.62. The number of ether oxygens (including phenoxy) is 1. The molecule has 0 amide bonds. The molecule has 0 atom stereocenters. The molecule has 4 heteroatoms. The number of fused-ring (bicyclic) bond motifs is 1. The lowest BCUT2D eigenvalue weighted by Gasteiger charge is -1.98. The first-order valence-corrected chi connectivity index (χ1v) is 6.04. The van der Waals surface area contributed by atoms with E-state index in [2.05, 4.69) is 15.9 Å². The Balaban J connectivity index is 2.68. The zero-order valence-electron chi connectivity index (χ0n) is 7.58. The van der Waals surface area contributed by atoms with Crippen molar-refractivity contribution >= 4 is 37.4 Å². The summed E-state index contributed by atoms with van der Waals surface area (Å²) in [6.45, 7) is 0. The second-order valence-electron chi connectivity index (χ2n) is 2.87. The second kappa shape index (κ2) is 3.79. The summed E-state index contributed by atoms with van der Waals surface area (Å²) in [5.74, 6) is 1.13. The summed E-state index contributed by atoms with van der Waals surface area (Å²) in [4.78, 5) is 0.952. The SMILES string of the molecule is COc1ccc2sc(CBr)c(O)c2c1. The molecule has 74 valence electrons. The maximum Gasteiger partial charge on any atom is 0.138 e. The molecule has 0 fully saturated rings. The number of benzene rings is 1. The number of rotatable bonds is 2. The Labute approximate surface area is 94.3 Å². The molecule has 1 heterocycles. The Bertz CT molecular complexity index is 464. The smallest absolute Gasteiger partial charge is 0.138 e. The summed E-state index contributed by atoms with van der Waals surface area (Å²) in [6.07, 6.45) is 0. The zero-order valence-corrected chi connectivity index (χ0v) is 9.98. The van der Waals surface area contributed by atoms with Crippen LogP contribution >= 0.6 is 27.3 Å². The molecule has 0 saturated carbocycles. The minimum Gasteiger partial charge on any atom is -0.506 e. The number of hydrogen-bond donors (Lipinski definition) is 1. The number of halogens is 1. The lowest BCUT2D eigenvalue weighted by atomic mass is 10.2. The van der Waals surface area contributed by atoms with Gasteiger partial charge in [0.15, 0.2) is 0 Å². The van der Waals surface area contributed by atoms with E-state index in [1.165, 1.54) is 0 Å².